The van der Waals surface area contributed by atoms with E-state index < -0.39 is 0 Å². The summed E-state index contributed by atoms with van der Waals surface area (Å²) in [5, 5.41) is 4.78. The van der Waals surface area contributed by atoms with E-state index in [1.807, 2.05) is 79.7 Å². The van der Waals surface area contributed by atoms with Gasteiger partial charge in [-0.2, -0.15) is 5.10 Å². The number of benzene rings is 3. The number of para-hydroxylation sites is 1. The molecule has 1 amide bonds. The highest BCUT2D eigenvalue weighted by atomic mass is 16.5. The average Bonchev–Trinajstić information content (AvgIpc) is 3.29. The molecule has 4 rings (SSSR count). The molecule has 4 aromatic rings. The minimum Gasteiger partial charge on any atom is -0.497 e. The zero-order valence-corrected chi connectivity index (χ0v) is 18.6. The highest BCUT2D eigenvalue weighted by molar-refractivity contribution is 6.09. The van der Waals surface area contributed by atoms with Gasteiger partial charge in [-0.25, -0.2) is 4.68 Å². The van der Waals surface area contributed by atoms with Gasteiger partial charge in [0, 0.05) is 24.5 Å². The topological polar surface area (TPSA) is 56.6 Å². The van der Waals surface area contributed by atoms with Gasteiger partial charge < -0.3 is 14.4 Å². The van der Waals surface area contributed by atoms with Crippen molar-refractivity contribution < 1.29 is 14.3 Å². The number of ether oxygens (including phenoxy) is 2. The Kier molecular flexibility index (Phi) is 5.94. The van der Waals surface area contributed by atoms with Crippen molar-refractivity contribution in [2.24, 2.45) is 0 Å². The number of rotatable bonds is 6. The van der Waals surface area contributed by atoms with Crippen molar-refractivity contribution in [3.8, 4) is 28.4 Å². The van der Waals surface area contributed by atoms with Crippen LogP contribution in [0.4, 0.5) is 5.69 Å². The van der Waals surface area contributed by atoms with E-state index in [2.05, 4.69) is 0 Å². The van der Waals surface area contributed by atoms with E-state index in [-0.39, 0.29) is 5.91 Å². The fourth-order valence-electron chi connectivity index (χ4n) is 3.51. The highest BCUT2D eigenvalue weighted by Crippen LogP contribution is 2.35. The van der Waals surface area contributed by atoms with Crippen LogP contribution in [0.25, 0.3) is 16.9 Å². The molecule has 1 aromatic heterocycles. The number of anilines is 1. The maximum absolute atomic E-state index is 13.6. The van der Waals surface area contributed by atoms with Crippen molar-refractivity contribution in [2.45, 2.75) is 6.92 Å². The Labute approximate surface area is 187 Å². The van der Waals surface area contributed by atoms with Gasteiger partial charge in [-0.1, -0.05) is 35.9 Å². The molecule has 0 radical (unpaired) electrons. The van der Waals surface area contributed by atoms with E-state index in [1.165, 1.54) is 0 Å². The summed E-state index contributed by atoms with van der Waals surface area (Å²) in [4.78, 5) is 15.3. The summed E-state index contributed by atoms with van der Waals surface area (Å²) in [5.74, 6) is 1.09. The van der Waals surface area contributed by atoms with Crippen LogP contribution in [0, 0.1) is 6.92 Å². The van der Waals surface area contributed by atoms with Crippen molar-refractivity contribution in [1.29, 1.82) is 0 Å². The quantitative estimate of drug-likeness (QED) is 0.427. The van der Waals surface area contributed by atoms with E-state index in [1.54, 1.807) is 37.0 Å². The fourth-order valence-corrected chi connectivity index (χ4v) is 3.51. The largest absolute Gasteiger partial charge is 0.497 e. The van der Waals surface area contributed by atoms with Crippen LogP contribution in [0.3, 0.4) is 0 Å². The van der Waals surface area contributed by atoms with Gasteiger partial charge in [-0.05, 0) is 49.4 Å². The lowest BCUT2D eigenvalue weighted by Gasteiger charge is -2.18. The lowest BCUT2D eigenvalue weighted by Crippen LogP contribution is -2.26. The van der Waals surface area contributed by atoms with Crippen LogP contribution in [0.1, 0.15) is 15.9 Å². The number of hydrogen-bond acceptors (Lipinski definition) is 4. The summed E-state index contributed by atoms with van der Waals surface area (Å²) in [6.07, 6.45) is 1.76. The molecule has 0 saturated carbocycles. The summed E-state index contributed by atoms with van der Waals surface area (Å²) >= 11 is 0. The predicted octanol–water partition coefficient (Wildman–Crippen LogP) is 5.14. The second kappa shape index (κ2) is 8.98. The number of methoxy groups -OCH3 is 2. The molecule has 6 heteroatoms. The first-order valence-electron chi connectivity index (χ1n) is 10.2. The van der Waals surface area contributed by atoms with E-state index >= 15 is 0 Å². The Bertz CT molecular complexity index is 1230. The molecule has 0 fully saturated rings. The van der Waals surface area contributed by atoms with Gasteiger partial charge in [0.05, 0.1) is 25.5 Å². The molecule has 162 valence electrons. The Morgan fingerprint density at radius 1 is 0.938 bits per heavy atom. The standard InChI is InChI=1S/C26H25N3O3/c1-18-10-12-19(13-11-18)28(2)26(30)23-17-29(20-8-6-5-7-9-20)27-25(23)22-16-21(31-3)14-15-24(22)32-4/h5-17H,1-4H3. The molecule has 0 atom stereocenters. The van der Waals surface area contributed by atoms with Crippen LogP contribution in [-0.2, 0) is 0 Å². The Hall–Kier alpha value is -4.06. The predicted molar refractivity (Wildman–Crippen MR) is 126 cm³/mol. The van der Waals surface area contributed by atoms with E-state index in [4.69, 9.17) is 14.6 Å². The summed E-state index contributed by atoms with van der Waals surface area (Å²) in [7, 11) is 4.96. The summed E-state index contributed by atoms with van der Waals surface area (Å²) in [5.41, 5.74) is 4.46. The maximum atomic E-state index is 13.6. The van der Waals surface area contributed by atoms with Gasteiger partial charge >= 0.3 is 0 Å². The molecule has 0 unspecified atom stereocenters. The van der Waals surface area contributed by atoms with E-state index in [0.29, 0.717) is 28.3 Å². The van der Waals surface area contributed by atoms with Crippen molar-refractivity contribution in [3.63, 3.8) is 0 Å². The molecule has 3 aromatic carbocycles. The molecular weight excluding hydrogens is 402 g/mol. The third-order valence-corrected chi connectivity index (χ3v) is 5.35. The van der Waals surface area contributed by atoms with Gasteiger partial charge in [-0.3, -0.25) is 4.79 Å². The average molecular weight is 428 g/mol. The SMILES string of the molecule is COc1ccc(OC)c(-c2nn(-c3ccccc3)cc2C(=O)N(C)c2ccc(C)cc2)c1. The number of carbonyl (C=O) groups is 1. The van der Waals surface area contributed by atoms with Crippen LogP contribution in [0.15, 0.2) is 79.0 Å². The van der Waals surface area contributed by atoms with Gasteiger partial charge in [0.2, 0.25) is 0 Å². The second-order valence-electron chi connectivity index (χ2n) is 7.44. The van der Waals surface area contributed by atoms with Crippen LogP contribution >= 0.6 is 0 Å². The molecule has 6 nitrogen and oxygen atoms in total. The third-order valence-electron chi connectivity index (χ3n) is 5.35. The minimum absolute atomic E-state index is 0.170. The zero-order chi connectivity index (χ0) is 22.7. The first kappa shape index (κ1) is 21.2. The number of amides is 1. The normalized spacial score (nSPS) is 10.6. The Balaban J connectivity index is 1.87. The molecule has 0 N–H and O–H groups in total. The molecule has 0 aliphatic heterocycles. The molecule has 32 heavy (non-hydrogen) atoms. The summed E-state index contributed by atoms with van der Waals surface area (Å²) < 4.78 is 12.7. The Morgan fingerprint density at radius 2 is 1.66 bits per heavy atom. The molecular formula is C26H25N3O3. The van der Waals surface area contributed by atoms with Crippen LogP contribution < -0.4 is 14.4 Å². The van der Waals surface area contributed by atoms with Gasteiger partial charge in [-0.15, -0.1) is 0 Å². The van der Waals surface area contributed by atoms with Crippen molar-refractivity contribution >= 4 is 11.6 Å². The molecule has 0 aliphatic rings. The maximum Gasteiger partial charge on any atom is 0.261 e. The number of nitrogens with zero attached hydrogens (tertiary/aromatic N) is 3. The first-order valence-corrected chi connectivity index (χ1v) is 10.2. The lowest BCUT2D eigenvalue weighted by atomic mass is 10.1. The molecule has 0 saturated heterocycles. The van der Waals surface area contributed by atoms with E-state index in [9.17, 15) is 4.79 Å². The van der Waals surface area contributed by atoms with Crippen LogP contribution in [0.2, 0.25) is 0 Å². The highest BCUT2D eigenvalue weighted by Gasteiger charge is 2.24. The number of hydrogen-bond donors (Lipinski definition) is 0. The van der Waals surface area contributed by atoms with Crippen molar-refractivity contribution in [1.82, 2.24) is 9.78 Å². The zero-order valence-electron chi connectivity index (χ0n) is 18.6. The first-order chi connectivity index (χ1) is 15.5. The molecule has 0 spiro atoms. The second-order valence-corrected chi connectivity index (χ2v) is 7.44. The van der Waals surface area contributed by atoms with Gasteiger partial charge in [0.1, 0.15) is 17.2 Å². The fraction of sp³-hybridized carbons (Fsp3) is 0.154. The summed E-state index contributed by atoms with van der Waals surface area (Å²) in [6.45, 7) is 2.02. The molecule has 0 bridgehead atoms. The van der Waals surface area contributed by atoms with Crippen molar-refractivity contribution in [3.05, 3.63) is 90.1 Å². The summed E-state index contributed by atoms with van der Waals surface area (Å²) in [6, 6.07) is 23.0. The number of aromatic nitrogens is 2. The monoisotopic (exact) mass is 427 g/mol. The smallest absolute Gasteiger partial charge is 0.261 e. The third kappa shape index (κ3) is 4.07. The van der Waals surface area contributed by atoms with Crippen LogP contribution in [0.5, 0.6) is 11.5 Å². The number of aryl methyl sites for hydroxylation is 1. The molecule has 1 heterocycles. The molecule has 0 aliphatic carbocycles. The van der Waals surface area contributed by atoms with Crippen molar-refractivity contribution in [2.75, 3.05) is 26.2 Å². The Morgan fingerprint density at radius 3 is 2.31 bits per heavy atom. The van der Waals surface area contributed by atoms with Crippen LogP contribution in [-0.4, -0.2) is 37.0 Å². The minimum atomic E-state index is -0.170. The van der Waals surface area contributed by atoms with Gasteiger partial charge in [0.25, 0.3) is 5.91 Å². The van der Waals surface area contributed by atoms with E-state index in [0.717, 1.165) is 16.9 Å². The lowest BCUT2D eigenvalue weighted by molar-refractivity contribution is 0.0993. The van der Waals surface area contributed by atoms with Gasteiger partial charge in [0.15, 0.2) is 0 Å². The number of carbonyl (C=O) groups excluding carboxylic acids is 1.